The van der Waals surface area contributed by atoms with Crippen LogP contribution in [0.5, 0.6) is 0 Å². The summed E-state index contributed by atoms with van der Waals surface area (Å²) in [7, 11) is 1.77. The number of rotatable bonds is 11. The predicted octanol–water partition coefficient (Wildman–Crippen LogP) is 2.66. The van der Waals surface area contributed by atoms with Crippen molar-refractivity contribution in [2.45, 2.75) is 40.7 Å². The fourth-order valence-corrected chi connectivity index (χ4v) is 2.33. The summed E-state index contributed by atoms with van der Waals surface area (Å²) in [4.78, 5) is 11.0. The van der Waals surface area contributed by atoms with Crippen LogP contribution in [0.1, 0.15) is 39.7 Å². The summed E-state index contributed by atoms with van der Waals surface area (Å²) in [5.74, 6) is 2.49. The van der Waals surface area contributed by atoms with Crippen molar-refractivity contribution in [3.05, 3.63) is 23.9 Å². The number of ether oxygens (including phenoxy) is 1. The maximum atomic E-state index is 5.60. The second-order valence-electron chi connectivity index (χ2n) is 6.34. The summed E-state index contributed by atoms with van der Waals surface area (Å²) in [5.41, 5.74) is 1.13. The molecule has 0 spiro atoms. The van der Waals surface area contributed by atoms with E-state index < -0.39 is 0 Å². The van der Waals surface area contributed by atoms with Gasteiger partial charge in [-0.15, -0.1) is 0 Å². The first-order valence-corrected chi connectivity index (χ1v) is 9.32. The van der Waals surface area contributed by atoms with E-state index in [4.69, 9.17) is 4.74 Å². The Bertz CT molecular complexity index is 483. The quantitative estimate of drug-likeness (QED) is 0.365. The minimum Gasteiger partial charge on any atom is -0.380 e. The van der Waals surface area contributed by atoms with Gasteiger partial charge in [0, 0.05) is 46.0 Å². The number of anilines is 1. The Balaban J connectivity index is 2.30. The van der Waals surface area contributed by atoms with Crippen LogP contribution in [0.3, 0.4) is 0 Å². The van der Waals surface area contributed by atoms with Gasteiger partial charge < -0.3 is 20.3 Å². The minimum atomic E-state index is 0.684. The third-order valence-corrected chi connectivity index (χ3v) is 3.96. The van der Waals surface area contributed by atoms with Gasteiger partial charge >= 0.3 is 0 Å². The molecular formula is C19H35N5O. The molecule has 2 N–H and O–H groups in total. The highest BCUT2D eigenvalue weighted by atomic mass is 16.5. The molecule has 0 radical (unpaired) electrons. The van der Waals surface area contributed by atoms with Crippen LogP contribution in [0.2, 0.25) is 0 Å². The van der Waals surface area contributed by atoms with E-state index in [0.29, 0.717) is 19.1 Å². The van der Waals surface area contributed by atoms with Crippen molar-refractivity contribution >= 4 is 11.8 Å². The molecule has 0 atom stereocenters. The van der Waals surface area contributed by atoms with Crippen LogP contribution in [-0.4, -0.2) is 50.8 Å². The van der Waals surface area contributed by atoms with Crippen molar-refractivity contribution in [2.24, 2.45) is 10.9 Å². The lowest BCUT2D eigenvalue weighted by molar-refractivity contribution is 0.128. The van der Waals surface area contributed by atoms with Gasteiger partial charge in [-0.1, -0.05) is 19.9 Å². The van der Waals surface area contributed by atoms with Gasteiger partial charge in [0.25, 0.3) is 0 Å². The normalized spacial score (nSPS) is 11.7. The highest BCUT2D eigenvalue weighted by Crippen LogP contribution is 2.10. The van der Waals surface area contributed by atoms with E-state index in [0.717, 1.165) is 50.0 Å². The number of aromatic nitrogens is 1. The second kappa shape index (κ2) is 12.5. The smallest absolute Gasteiger partial charge is 0.191 e. The van der Waals surface area contributed by atoms with Crippen molar-refractivity contribution in [3.8, 4) is 0 Å². The topological polar surface area (TPSA) is 61.8 Å². The molecule has 0 aliphatic rings. The fourth-order valence-electron chi connectivity index (χ4n) is 2.33. The summed E-state index contributed by atoms with van der Waals surface area (Å²) < 4.78 is 5.60. The van der Waals surface area contributed by atoms with E-state index in [1.807, 2.05) is 6.20 Å². The molecule has 0 saturated heterocycles. The highest BCUT2D eigenvalue weighted by molar-refractivity contribution is 5.79. The van der Waals surface area contributed by atoms with E-state index in [1.54, 1.807) is 7.05 Å². The van der Waals surface area contributed by atoms with Crippen molar-refractivity contribution in [1.82, 2.24) is 15.6 Å². The minimum absolute atomic E-state index is 0.684. The van der Waals surface area contributed by atoms with Gasteiger partial charge in [0.2, 0.25) is 0 Å². The Morgan fingerprint density at radius 2 is 1.96 bits per heavy atom. The van der Waals surface area contributed by atoms with Crippen LogP contribution in [0.15, 0.2) is 23.3 Å². The maximum absolute atomic E-state index is 5.60. The predicted molar refractivity (Wildman–Crippen MR) is 106 cm³/mol. The molecule has 0 aliphatic heterocycles. The van der Waals surface area contributed by atoms with Crippen molar-refractivity contribution in [1.29, 1.82) is 0 Å². The van der Waals surface area contributed by atoms with Crippen LogP contribution >= 0.6 is 0 Å². The van der Waals surface area contributed by atoms with Gasteiger partial charge in [-0.2, -0.15) is 0 Å². The molecule has 0 aliphatic carbocycles. The highest BCUT2D eigenvalue weighted by Gasteiger charge is 2.04. The lowest BCUT2D eigenvalue weighted by atomic mass is 10.1. The average molecular weight is 350 g/mol. The van der Waals surface area contributed by atoms with E-state index in [-0.39, 0.29) is 0 Å². The van der Waals surface area contributed by atoms with Crippen LogP contribution in [0.25, 0.3) is 0 Å². The third-order valence-electron chi connectivity index (χ3n) is 3.96. The number of pyridine rings is 1. The summed E-state index contributed by atoms with van der Waals surface area (Å²) in [6.45, 7) is 13.6. The monoisotopic (exact) mass is 349 g/mol. The molecule has 142 valence electrons. The first-order chi connectivity index (χ1) is 12.1. The van der Waals surface area contributed by atoms with Crippen LogP contribution in [0, 0.1) is 5.92 Å². The van der Waals surface area contributed by atoms with Gasteiger partial charge in [0.1, 0.15) is 5.82 Å². The van der Waals surface area contributed by atoms with Gasteiger partial charge in [0.15, 0.2) is 5.96 Å². The van der Waals surface area contributed by atoms with Gasteiger partial charge in [-0.25, -0.2) is 4.98 Å². The molecule has 0 bridgehead atoms. The standard InChI is InChI=1S/C19H35N5O/c1-6-24(7-2)18-9-8-17(14-22-18)15-23-19(20-5)21-11-13-25-12-10-16(3)4/h8-9,14,16H,6-7,10-13,15H2,1-5H3,(H2,20,21,23). The van der Waals surface area contributed by atoms with E-state index >= 15 is 0 Å². The number of aliphatic imine (C=N–C) groups is 1. The number of hydrogen-bond acceptors (Lipinski definition) is 4. The van der Waals surface area contributed by atoms with Gasteiger partial charge in [-0.3, -0.25) is 4.99 Å². The number of nitrogens with zero attached hydrogens (tertiary/aromatic N) is 3. The number of guanidine groups is 1. The van der Waals surface area contributed by atoms with Crippen LogP contribution in [0.4, 0.5) is 5.82 Å². The first-order valence-electron chi connectivity index (χ1n) is 9.32. The molecule has 25 heavy (non-hydrogen) atoms. The summed E-state index contributed by atoms with van der Waals surface area (Å²) in [6, 6.07) is 4.18. The van der Waals surface area contributed by atoms with Crippen LogP contribution < -0.4 is 15.5 Å². The third kappa shape index (κ3) is 8.72. The SMILES string of the molecule is CCN(CC)c1ccc(CNC(=NC)NCCOCCC(C)C)cn1. The zero-order valence-electron chi connectivity index (χ0n) is 16.5. The summed E-state index contributed by atoms with van der Waals surface area (Å²) in [6.07, 6.45) is 3.02. The first kappa shape index (κ1) is 21.2. The van der Waals surface area contributed by atoms with E-state index in [9.17, 15) is 0 Å². The van der Waals surface area contributed by atoms with Gasteiger partial charge in [-0.05, 0) is 37.8 Å². The number of hydrogen-bond donors (Lipinski definition) is 2. The second-order valence-corrected chi connectivity index (χ2v) is 6.34. The van der Waals surface area contributed by atoms with E-state index in [1.165, 1.54) is 0 Å². The maximum Gasteiger partial charge on any atom is 0.191 e. The van der Waals surface area contributed by atoms with Crippen molar-refractivity contribution in [3.63, 3.8) is 0 Å². The largest absolute Gasteiger partial charge is 0.380 e. The Labute approximate surface area is 153 Å². The molecule has 0 saturated carbocycles. The zero-order valence-corrected chi connectivity index (χ0v) is 16.5. The number of nitrogens with one attached hydrogen (secondary N) is 2. The molecular weight excluding hydrogens is 314 g/mol. The Kier molecular flexibility index (Phi) is 10.6. The molecule has 6 nitrogen and oxygen atoms in total. The van der Waals surface area contributed by atoms with Crippen molar-refractivity contribution < 1.29 is 4.74 Å². The molecule has 1 aromatic rings. The van der Waals surface area contributed by atoms with Gasteiger partial charge in [0.05, 0.1) is 6.61 Å². The molecule has 6 heteroatoms. The van der Waals surface area contributed by atoms with Crippen molar-refractivity contribution in [2.75, 3.05) is 44.8 Å². The zero-order chi connectivity index (χ0) is 18.5. The molecule has 1 heterocycles. The molecule has 0 fully saturated rings. The molecule has 0 unspecified atom stereocenters. The summed E-state index contributed by atoms with van der Waals surface area (Å²) >= 11 is 0. The molecule has 1 rings (SSSR count). The Morgan fingerprint density at radius 3 is 2.52 bits per heavy atom. The average Bonchev–Trinajstić information content (AvgIpc) is 2.62. The molecule has 0 amide bonds. The lowest BCUT2D eigenvalue weighted by Gasteiger charge is -2.19. The van der Waals surface area contributed by atoms with E-state index in [2.05, 4.69) is 65.3 Å². The van der Waals surface area contributed by atoms with Crippen LogP contribution in [-0.2, 0) is 11.3 Å². The molecule has 0 aromatic carbocycles. The summed E-state index contributed by atoms with van der Waals surface area (Å²) in [5, 5.41) is 6.56. The lowest BCUT2D eigenvalue weighted by Crippen LogP contribution is -2.38. The fraction of sp³-hybridized carbons (Fsp3) is 0.684. The molecule has 1 aromatic heterocycles. The Hall–Kier alpha value is -1.82. The Morgan fingerprint density at radius 1 is 1.20 bits per heavy atom.